The molecule has 3 rings (SSSR count). The average Bonchev–Trinajstić information content (AvgIpc) is 3.13. The Morgan fingerprint density at radius 2 is 1.62 bits per heavy atom. The van der Waals surface area contributed by atoms with Crippen LogP contribution in [-0.4, -0.2) is 0 Å². The molecule has 2 aromatic carbocycles. The monoisotopic (exact) mass is 371 g/mol. The molecule has 114 valence electrons. The third kappa shape index (κ3) is 4.13. The zero-order valence-electron chi connectivity index (χ0n) is 12.9. The Labute approximate surface area is 150 Å². The topological polar surface area (TPSA) is 23.8 Å². The fourth-order valence-corrected chi connectivity index (χ4v) is 2.60. The van der Waals surface area contributed by atoms with E-state index in [4.69, 9.17) is 0 Å². The largest absolute Gasteiger partial charge is 0.192 e. The van der Waals surface area contributed by atoms with Crippen molar-refractivity contribution in [2.24, 2.45) is 5.92 Å². The number of rotatable bonds is 2. The Kier molecular flexibility index (Phi) is 5.12. The number of benzene rings is 2. The van der Waals surface area contributed by atoms with E-state index in [0.717, 1.165) is 21.2 Å². The Morgan fingerprint density at radius 3 is 2.25 bits per heavy atom. The van der Waals surface area contributed by atoms with Crippen molar-refractivity contribution in [3.05, 3.63) is 94.0 Å². The van der Waals surface area contributed by atoms with Crippen molar-refractivity contribution in [1.29, 1.82) is 5.26 Å². The number of nitrogens with zero attached hydrogens (tertiary/aromatic N) is 1. The van der Waals surface area contributed by atoms with Gasteiger partial charge in [0.05, 0.1) is 17.6 Å². The molecule has 0 unspecified atom stereocenters. The third-order valence-corrected chi connectivity index (χ3v) is 4.16. The molecule has 1 nitrogen and oxygen atoms in total. The molecule has 0 fully saturated rings. The van der Waals surface area contributed by atoms with Gasteiger partial charge < -0.3 is 0 Å². The molecule has 0 spiro atoms. The lowest BCUT2D eigenvalue weighted by molar-refractivity contribution is 1.15. The van der Waals surface area contributed by atoms with Gasteiger partial charge in [0.25, 0.3) is 0 Å². The lowest BCUT2D eigenvalue weighted by atomic mass is 10.0. The van der Waals surface area contributed by atoms with Gasteiger partial charge in [-0.05, 0) is 41.5 Å². The minimum Gasteiger partial charge on any atom is -0.192 e. The van der Waals surface area contributed by atoms with E-state index in [1.165, 1.54) is 0 Å². The van der Waals surface area contributed by atoms with Gasteiger partial charge in [0.15, 0.2) is 0 Å². The molecule has 24 heavy (non-hydrogen) atoms. The van der Waals surface area contributed by atoms with E-state index in [-0.39, 0.29) is 5.92 Å². The Hall–Kier alpha value is -2.81. The Balaban J connectivity index is 1.79. The van der Waals surface area contributed by atoms with Crippen LogP contribution in [0.4, 0.5) is 0 Å². The standard InChI is InChI=1S/C22H14BrN/c23-22-13-11-20(12-14-22)21(16-24)15-19-9-7-18(8-10-19)6-5-17-3-1-2-4-17/h1-4,7-15,17H/b21-15+. The molecule has 2 aromatic rings. The highest BCUT2D eigenvalue weighted by atomic mass is 79.9. The van der Waals surface area contributed by atoms with Crippen molar-refractivity contribution < 1.29 is 0 Å². The first-order valence-corrected chi connectivity index (χ1v) is 8.38. The van der Waals surface area contributed by atoms with Crippen LogP contribution in [0.1, 0.15) is 16.7 Å². The van der Waals surface area contributed by atoms with Crippen molar-refractivity contribution in [1.82, 2.24) is 0 Å². The van der Waals surface area contributed by atoms with Gasteiger partial charge in [-0.15, -0.1) is 0 Å². The van der Waals surface area contributed by atoms with Gasteiger partial charge in [0.1, 0.15) is 0 Å². The fraction of sp³-hybridized carbons (Fsp3) is 0.0455. The van der Waals surface area contributed by atoms with E-state index in [0.29, 0.717) is 5.57 Å². The van der Waals surface area contributed by atoms with Gasteiger partial charge in [0.2, 0.25) is 0 Å². The summed E-state index contributed by atoms with van der Waals surface area (Å²) < 4.78 is 0.999. The molecule has 0 aliphatic heterocycles. The number of hydrogen-bond acceptors (Lipinski definition) is 1. The highest BCUT2D eigenvalue weighted by Crippen LogP contribution is 2.20. The van der Waals surface area contributed by atoms with Crippen molar-refractivity contribution in [3.8, 4) is 17.9 Å². The lowest BCUT2D eigenvalue weighted by Gasteiger charge is -2.01. The molecular formula is C22H14BrN. The lowest BCUT2D eigenvalue weighted by Crippen LogP contribution is -1.84. The Bertz CT molecular complexity index is 899. The van der Waals surface area contributed by atoms with Gasteiger partial charge in [-0.3, -0.25) is 0 Å². The summed E-state index contributed by atoms with van der Waals surface area (Å²) in [5, 5.41) is 9.40. The zero-order valence-corrected chi connectivity index (χ0v) is 14.5. The predicted molar refractivity (Wildman–Crippen MR) is 103 cm³/mol. The normalized spacial score (nSPS) is 13.4. The van der Waals surface area contributed by atoms with Crippen molar-refractivity contribution in [2.45, 2.75) is 0 Å². The molecule has 0 saturated carbocycles. The van der Waals surface area contributed by atoms with Crippen LogP contribution >= 0.6 is 15.9 Å². The second-order valence-electron chi connectivity index (χ2n) is 5.36. The molecule has 1 aliphatic rings. The van der Waals surface area contributed by atoms with Crippen LogP contribution in [0.25, 0.3) is 11.6 Å². The molecule has 0 N–H and O–H groups in total. The predicted octanol–water partition coefficient (Wildman–Crippen LogP) is 5.61. The fourth-order valence-electron chi connectivity index (χ4n) is 2.33. The number of nitriles is 1. The summed E-state index contributed by atoms with van der Waals surface area (Å²) in [4.78, 5) is 0. The van der Waals surface area contributed by atoms with E-state index in [1.54, 1.807) is 0 Å². The van der Waals surface area contributed by atoms with Crippen LogP contribution in [0.5, 0.6) is 0 Å². The van der Waals surface area contributed by atoms with Gasteiger partial charge in [-0.25, -0.2) is 0 Å². The SMILES string of the molecule is N#C/C(=C\c1ccc(C#CC2C=CC=C2)cc1)c1ccc(Br)cc1. The van der Waals surface area contributed by atoms with Crippen LogP contribution in [0, 0.1) is 29.1 Å². The molecule has 2 heteroatoms. The van der Waals surface area contributed by atoms with Crippen molar-refractivity contribution in [2.75, 3.05) is 0 Å². The summed E-state index contributed by atoms with van der Waals surface area (Å²) in [5.41, 5.74) is 3.51. The number of allylic oxidation sites excluding steroid dienone is 5. The smallest absolute Gasteiger partial charge is 0.0998 e. The third-order valence-electron chi connectivity index (χ3n) is 3.63. The summed E-state index contributed by atoms with van der Waals surface area (Å²) >= 11 is 3.41. The zero-order chi connectivity index (χ0) is 16.8. The molecular weight excluding hydrogens is 358 g/mol. The molecule has 0 atom stereocenters. The van der Waals surface area contributed by atoms with Crippen LogP contribution < -0.4 is 0 Å². The van der Waals surface area contributed by atoms with E-state index >= 15 is 0 Å². The van der Waals surface area contributed by atoms with Crippen molar-refractivity contribution >= 4 is 27.6 Å². The minimum absolute atomic E-state index is 0.215. The van der Waals surface area contributed by atoms with Gasteiger partial charge >= 0.3 is 0 Å². The summed E-state index contributed by atoms with van der Waals surface area (Å²) in [7, 11) is 0. The van der Waals surface area contributed by atoms with Crippen LogP contribution in [-0.2, 0) is 0 Å². The number of halogens is 1. The van der Waals surface area contributed by atoms with Gasteiger partial charge in [-0.2, -0.15) is 5.26 Å². The molecule has 0 saturated heterocycles. The van der Waals surface area contributed by atoms with Crippen LogP contribution in [0.2, 0.25) is 0 Å². The average molecular weight is 372 g/mol. The Morgan fingerprint density at radius 1 is 0.958 bits per heavy atom. The second kappa shape index (κ2) is 7.64. The first kappa shape index (κ1) is 16.1. The maximum absolute atomic E-state index is 9.40. The first-order chi connectivity index (χ1) is 11.7. The molecule has 0 aromatic heterocycles. The van der Waals surface area contributed by atoms with Gasteiger partial charge in [-0.1, -0.05) is 76.3 Å². The second-order valence-corrected chi connectivity index (χ2v) is 6.28. The number of hydrogen-bond donors (Lipinski definition) is 0. The van der Waals surface area contributed by atoms with Crippen molar-refractivity contribution in [3.63, 3.8) is 0 Å². The maximum Gasteiger partial charge on any atom is 0.0998 e. The van der Waals surface area contributed by atoms with E-state index in [2.05, 4.69) is 46.0 Å². The van der Waals surface area contributed by atoms with E-state index in [1.807, 2.05) is 66.8 Å². The molecule has 1 aliphatic carbocycles. The van der Waals surface area contributed by atoms with E-state index < -0.39 is 0 Å². The summed E-state index contributed by atoms with van der Waals surface area (Å²) in [6.07, 6.45) is 10.1. The summed E-state index contributed by atoms with van der Waals surface area (Å²) in [6.45, 7) is 0. The molecule has 0 heterocycles. The van der Waals surface area contributed by atoms with Crippen LogP contribution in [0.15, 0.2) is 77.3 Å². The molecule has 0 radical (unpaired) electrons. The highest BCUT2D eigenvalue weighted by molar-refractivity contribution is 9.10. The van der Waals surface area contributed by atoms with E-state index in [9.17, 15) is 5.26 Å². The quantitative estimate of drug-likeness (QED) is 0.382. The molecule has 0 bridgehead atoms. The summed E-state index contributed by atoms with van der Waals surface area (Å²) in [5.74, 6) is 6.60. The van der Waals surface area contributed by atoms with Gasteiger partial charge in [0, 0.05) is 10.0 Å². The highest BCUT2D eigenvalue weighted by Gasteiger charge is 2.01. The first-order valence-electron chi connectivity index (χ1n) is 7.59. The van der Waals surface area contributed by atoms with Crippen LogP contribution in [0.3, 0.4) is 0 Å². The minimum atomic E-state index is 0.215. The molecule has 0 amide bonds. The maximum atomic E-state index is 9.40. The summed E-state index contributed by atoms with van der Waals surface area (Å²) in [6, 6.07) is 17.9.